The van der Waals surface area contributed by atoms with E-state index < -0.39 is 23.8 Å². The van der Waals surface area contributed by atoms with Gasteiger partial charge < -0.3 is 15.2 Å². The van der Waals surface area contributed by atoms with Crippen LogP contribution in [0.2, 0.25) is 0 Å². The number of esters is 1. The zero-order valence-electron chi connectivity index (χ0n) is 13.7. The third-order valence-electron chi connectivity index (χ3n) is 5.30. The summed E-state index contributed by atoms with van der Waals surface area (Å²) in [5.74, 6) is -2.64. The molecule has 1 aromatic rings. The maximum Gasteiger partial charge on any atom is 0.340 e. The first-order valence-electron chi connectivity index (χ1n) is 8.14. The molecule has 0 spiro atoms. The van der Waals surface area contributed by atoms with Gasteiger partial charge in [-0.3, -0.25) is 9.59 Å². The van der Waals surface area contributed by atoms with E-state index >= 15 is 0 Å². The average molecular weight is 351 g/mol. The number of aryl methyl sites for hydroxylation is 1. The third kappa shape index (κ3) is 2.92. The molecule has 24 heavy (non-hydrogen) atoms. The molecular weight excluding hydrogens is 330 g/mol. The topological polar surface area (TPSA) is 92.7 Å². The number of anilines is 1. The number of aliphatic carboxylic acids is 1. The van der Waals surface area contributed by atoms with Gasteiger partial charge in [0.25, 0.3) is 0 Å². The van der Waals surface area contributed by atoms with E-state index in [1.165, 1.54) is 18.4 Å². The van der Waals surface area contributed by atoms with Crippen molar-refractivity contribution in [2.24, 2.45) is 23.7 Å². The van der Waals surface area contributed by atoms with Crippen molar-refractivity contribution < 1.29 is 24.2 Å². The van der Waals surface area contributed by atoms with Crippen molar-refractivity contribution in [3.63, 3.8) is 0 Å². The zero-order chi connectivity index (χ0) is 17.4. The smallest absolute Gasteiger partial charge is 0.340 e. The van der Waals surface area contributed by atoms with Gasteiger partial charge in [-0.05, 0) is 50.5 Å². The van der Waals surface area contributed by atoms with Crippen molar-refractivity contribution in [2.45, 2.75) is 32.6 Å². The number of carboxylic acid groups (broad SMARTS) is 1. The minimum absolute atomic E-state index is 0.0772. The Morgan fingerprint density at radius 2 is 1.75 bits per heavy atom. The molecule has 1 amide bonds. The fourth-order valence-electron chi connectivity index (χ4n) is 4.25. The summed E-state index contributed by atoms with van der Waals surface area (Å²) in [5, 5.41) is 12.8. The number of carboxylic acids is 1. The fourth-order valence-corrected chi connectivity index (χ4v) is 5.15. The second kappa shape index (κ2) is 6.55. The van der Waals surface area contributed by atoms with Gasteiger partial charge in [0.1, 0.15) is 5.00 Å². The lowest BCUT2D eigenvalue weighted by molar-refractivity contribution is -0.156. The maximum atomic E-state index is 12.8. The lowest BCUT2D eigenvalue weighted by Gasteiger charge is -2.45. The molecule has 0 aromatic carbocycles. The average Bonchev–Trinajstić information content (AvgIpc) is 2.94. The summed E-state index contributed by atoms with van der Waals surface area (Å²) in [7, 11) is 1.29. The highest BCUT2D eigenvalue weighted by molar-refractivity contribution is 7.16. The number of hydrogen-bond acceptors (Lipinski definition) is 5. The Balaban J connectivity index is 1.84. The molecular formula is C17H21NO5S. The van der Waals surface area contributed by atoms with Gasteiger partial charge in [0.15, 0.2) is 0 Å². The predicted octanol–water partition coefficient (Wildman–Crippen LogP) is 2.92. The number of fused-ring (bicyclic) bond motifs is 3. The van der Waals surface area contributed by atoms with Crippen LogP contribution < -0.4 is 5.32 Å². The van der Waals surface area contributed by atoms with Gasteiger partial charge in [0.2, 0.25) is 5.91 Å². The maximum absolute atomic E-state index is 12.8. The molecule has 0 unspecified atom stereocenters. The van der Waals surface area contributed by atoms with Crippen molar-refractivity contribution >= 4 is 34.2 Å². The van der Waals surface area contributed by atoms with Gasteiger partial charge >= 0.3 is 11.9 Å². The lowest BCUT2D eigenvalue weighted by Crippen LogP contribution is -2.49. The summed E-state index contributed by atoms with van der Waals surface area (Å²) in [6.07, 6.45) is 3.58. The molecule has 4 rings (SSSR count). The van der Waals surface area contributed by atoms with Crippen LogP contribution in [-0.4, -0.2) is 30.1 Å². The summed E-state index contributed by atoms with van der Waals surface area (Å²) in [6.45, 7) is 1.84. The largest absolute Gasteiger partial charge is 0.481 e. The van der Waals surface area contributed by atoms with Crippen molar-refractivity contribution in [1.29, 1.82) is 0 Å². The Bertz CT molecular complexity index is 675. The van der Waals surface area contributed by atoms with E-state index in [9.17, 15) is 19.5 Å². The van der Waals surface area contributed by atoms with E-state index in [0.29, 0.717) is 10.6 Å². The highest BCUT2D eigenvalue weighted by atomic mass is 32.1. The number of amides is 1. The van der Waals surface area contributed by atoms with Gasteiger partial charge in [0.05, 0.1) is 24.5 Å². The van der Waals surface area contributed by atoms with Crippen LogP contribution in [0.4, 0.5) is 5.00 Å². The summed E-state index contributed by atoms with van der Waals surface area (Å²) >= 11 is 1.30. The van der Waals surface area contributed by atoms with Crippen LogP contribution in [0.3, 0.4) is 0 Å². The molecule has 0 saturated heterocycles. The monoisotopic (exact) mass is 351 g/mol. The Morgan fingerprint density at radius 1 is 1.17 bits per heavy atom. The van der Waals surface area contributed by atoms with E-state index in [1.807, 2.05) is 6.92 Å². The minimum Gasteiger partial charge on any atom is -0.481 e. The lowest BCUT2D eigenvalue weighted by atomic mass is 9.58. The number of thiophene rings is 1. The van der Waals surface area contributed by atoms with Crippen LogP contribution in [0.5, 0.6) is 0 Å². The van der Waals surface area contributed by atoms with Gasteiger partial charge in [0, 0.05) is 4.88 Å². The van der Waals surface area contributed by atoms with Gasteiger partial charge in [-0.15, -0.1) is 11.3 Å². The van der Waals surface area contributed by atoms with Crippen molar-refractivity contribution in [3.05, 3.63) is 16.5 Å². The van der Waals surface area contributed by atoms with E-state index in [1.54, 1.807) is 6.07 Å². The first-order chi connectivity index (χ1) is 11.4. The van der Waals surface area contributed by atoms with E-state index in [4.69, 9.17) is 4.74 Å². The normalized spacial score (nSPS) is 28.4. The molecule has 1 heterocycles. The van der Waals surface area contributed by atoms with Crippen molar-refractivity contribution in [1.82, 2.24) is 0 Å². The number of carbonyl (C=O) groups excluding carboxylic acids is 2. The molecule has 3 aliphatic rings. The molecule has 0 aliphatic heterocycles. The number of methoxy groups -OCH3 is 1. The summed E-state index contributed by atoms with van der Waals surface area (Å²) in [4.78, 5) is 37.2. The van der Waals surface area contributed by atoms with E-state index in [-0.39, 0.29) is 17.7 Å². The number of ether oxygens (including phenoxy) is 1. The van der Waals surface area contributed by atoms with Crippen LogP contribution in [0.15, 0.2) is 6.07 Å². The molecule has 6 nitrogen and oxygen atoms in total. The van der Waals surface area contributed by atoms with Crippen LogP contribution in [-0.2, 0) is 14.3 Å². The second-order valence-corrected chi connectivity index (χ2v) is 7.90. The summed E-state index contributed by atoms with van der Waals surface area (Å²) < 4.78 is 4.75. The Hall–Kier alpha value is -1.89. The Labute approximate surface area is 144 Å². The zero-order valence-corrected chi connectivity index (χ0v) is 14.5. The van der Waals surface area contributed by atoms with Crippen LogP contribution in [0.25, 0.3) is 0 Å². The highest BCUT2D eigenvalue weighted by Crippen LogP contribution is 2.49. The van der Waals surface area contributed by atoms with Crippen molar-refractivity contribution in [2.75, 3.05) is 12.4 Å². The highest BCUT2D eigenvalue weighted by Gasteiger charge is 2.50. The first kappa shape index (κ1) is 17.0. The fraction of sp³-hybridized carbons (Fsp3) is 0.588. The molecule has 130 valence electrons. The molecule has 1 aromatic heterocycles. The first-order valence-corrected chi connectivity index (χ1v) is 8.96. The van der Waals surface area contributed by atoms with E-state index in [2.05, 4.69) is 5.32 Å². The van der Waals surface area contributed by atoms with Crippen molar-refractivity contribution in [3.8, 4) is 0 Å². The molecule has 2 bridgehead atoms. The standard InChI is InChI=1S/C17H21NO5S/c1-8-7-11(17(22)23-2)15(24-8)18-14(19)12-9-3-5-10(6-4-9)13(12)16(20)21/h7,9-10,12-13H,3-6H2,1-2H3,(H,18,19)(H,20,21)/t9?,10?,12-,13-/m0/s1. The Morgan fingerprint density at radius 3 is 2.29 bits per heavy atom. The molecule has 3 aliphatic carbocycles. The Kier molecular flexibility index (Phi) is 4.62. The number of nitrogens with one attached hydrogen (secondary N) is 1. The molecule has 7 heteroatoms. The van der Waals surface area contributed by atoms with Gasteiger partial charge in [-0.2, -0.15) is 0 Å². The summed E-state index contributed by atoms with van der Waals surface area (Å²) in [6, 6.07) is 1.67. The SMILES string of the molecule is COC(=O)c1cc(C)sc1NC(=O)[C@H]1C2CCC(CC2)[C@@H]1C(=O)O. The molecule has 2 N–H and O–H groups in total. The molecule has 2 atom stereocenters. The molecule has 3 fully saturated rings. The predicted molar refractivity (Wildman–Crippen MR) is 89.1 cm³/mol. The summed E-state index contributed by atoms with van der Waals surface area (Å²) in [5.41, 5.74) is 0.321. The number of hydrogen-bond donors (Lipinski definition) is 2. The molecule has 0 radical (unpaired) electrons. The number of rotatable bonds is 4. The minimum atomic E-state index is -0.889. The number of carbonyl (C=O) groups is 3. The van der Waals surface area contributed by atoms with Crippen LogP contribution in [0, 0.1) is 30.6 Å². The van der Waals surface area contributed by atoms with E-state index in [0.717, 1.165) is 30.6 Å². The second-order valence-electron chi connectivity index (χ2n) is 6.65. The van der Waals surface area contributed by atoms with Gasteiger partial charge in [-0.1, -0.05) is 0 Å². The van der Waals surface area contributed by atoms with Crippen LogP contribution in [0.1, 0.15) is 40.9 Å². The van der Waals surface area contributed by atoms with Gasteiger partial charge in [-0.25, -0.2) is 4.79 Å². The quantitative estimate of drug-likeness (QED) is 0.814. The third-order valence-corrected chi connectivity index (χ3v) is 6.27. The molecule has 3 saturated carbocycles. The van der Waals surface area contributed by atoms with Crippen LogP contribution >= 0.6 is 11.3 Å².